The molecule has 0 atom stereocenters. The molecule has 6 nitrogen and oxygen atoms in total. The second-order valence-corrected chi connectivity index (χ2v) is 6.07. The van der Waals surface area contributed by atoms with E-state index in [0.717, 1.165) is 28.2 Å². The van der Waals surface area contributed by atoms with E-state index in [0.29, 0.717) is 12.5 Å². The molecule has 6 heteroatoms. The van der Waals surface area contributed by atoms with Crippen LogP contribution in [0, 0.1) is 0 Å². The van der Waals surface area contributed by atoms with Crippen LogP contribution in [0.15, 0.2) is 24.8 Å². The molecule has 3 aromatic rings. The summed E-state index contributed by atoms with van der Waals surface area (Å²) in [5.41, 5.74) is 3.87. The molecule has 0 saturated heterocycles. The van der Waals surface area contributed by atoms with Gasteiger partial charge < -0.3 is 4.57 Å². The molecule has 0 aliphatic carbocycles. The van der Waals surface area contributed by atoms with Crippen LogP contribution in [0.3, 0.4) is 0 Å². The molecule has 0 aliphatic heterocycles. The van der Waals surface area contributed by atoms with Crippen molar-refractivity contribution in [2.45, 2.75) is 46.1 Å². The first-order chi connectivity index (χ1) is 10.6. The number of hydrogen-bond donors (Lipinski definition) is 0. The summed E-state index contributed by atoms with van der Waals surface area (Å²) in [4.78, 5) is 14.0. The predicted octanol–water partition coefficient (Wildman–Crippen LogP) is 2.91. The lowest BCUT2D eigenvalue weighted by Gasteiger charge is -2.11. The van der Waals surface area contributed by atoms with Gasteiger partial charge >= 0.3 is 0 Å². The van der Waals surface area contributed by atoms with Gasteiger partial charge in [0, 0.05) is 12.1 Å². The van der Waals surface area contributed by atoms with Crippen LogP contribution in [-0.4, -0.2) is 29.7 Å². The highest BCUT2D eigenvalue weighted by Crippen LogP contribution is 2.24. The Hall–Kier alpha value is -2.37. The number of aromatic nitrogens is 6. The van der Waals surface area contributed by atoms with Gasteiger partial charge in [0.2, 0.25) is 0 Å². The van der Waals surface area contributed by atoms with E-state index in [9.17, 15) is 0 Å². The topological polar surface area (TPSA) is 69.4 Å². The zero-order valence-corrected chi connectivity index (χ0v) is 13.4. The standard InChI is InChI=1S/C16H20N6/c1-10(2)13-14-16(21-15(20-13)11(3)4)22(9-17-14)8-12-5-6-18-19-7-12/h5-7,9-11H,8H2,1-4H3. The maximum absolute atomic E-state index is 4.73. The van der Waals surface area contributed by atoms with Crippen LogP contribution in [0.1, 0.15) is 56.6 Å². The second kappa shape index (κ2) is 5.79. The minimum absolute atomic E-state index is 0.285. The first-order valence-electron chi connectivity index (χ1n) is 7.54. The van der Waals surface area contributed by atoms with Crippen molar-refractivity contribution in [2.75, 3.05) is 0 Å². The van der Waals surface area contributed by atoms with Crippen LogP contribution in [0.4, 0.5) is 0 Å². The fourth-order valence-electron chi connectivity index (χ4n) is 2.37. The van der Waals surface area contributed by atoms with E-state index in [4.69, 9.17) is 9.97 Å². The summed E-state index contributed by atoms with van der Waals surface area (Å²) in [6, 6.07) is 1.95. The van der Waals surface area contributed by atoms with Crippen LogP contribution < -0.4 is 0 Å². The molecule has 0 aliphatic rings. The number of nitrogens with zero attached hydrogens (tertiary/aromatic N) is 6. The highest BCUT2D eigenvalue weighted by atomic mass is 15.1. The molecule has 3 heterocycles. The van der Waals surface area contributed by atoms with E-state index in [1.807, 2.05) is 17.0 Å². The van der Waals surface area contributed by atoms with Crippen molar-refractivity contribution in [1.82, 2.24) is 29.7 Å². The SMILES string of the molecule is CC(C)c1nc(C(C)C)c2ncn(Cc3ccnnc3)c2n1. The largest absolute Gasteiger partial charge is 0.311 e. The molecule has 22 heavy (non-hydrogen) atoms. The Balaban J connectivity index is 2.12. The van der Waals surface area contributed by atoms with E-state index in [1.165, 1.54) is 0 Å². The van der Waals surface area contributed by atoms with E-state index in [-0.39, 0.29) is 5.92 Å². The number of fused-ring (bicyclic) bond motifs is 1. The fraction of sp³-hybridized carbons (Fsp3) is 0.438. The van der Waals surface area contributed by atoms with Crippen molar-refractivity contribution in [1.29, 1.82) is 0 Å². The van der Waals surface area contributed by atoms with Crippen LogP contribution in [0.2, 0.25) is 0 Å². The van der Waals surface area contributed by atoms with Crippen molar-refractivity contribution in [3.63, 3.8) is 0 Å². The Morgan fingerprint density at radius 3 is 2.50 bits per heavy atom. The third-order valence-corrected chi connectivity index (χ3v) is 3.57. The molecule has 3 aromatic heterocycles. The lowest BCUT2D eigenvalue weighted by atomic mass is 10.1. The Labute approximate surface area is 129 Å². The van der Waals surface area contributed by atoms with E-state index in [1.54, 1.807) is 12.4 Å². The van der Waals surface area contributed by atoms with Crippen LogP contribution in [0.25, 0.3) is 11.2 Å². The molecule has 0 fully saturated rings. The van der Waals surface area contributed by atoms with Gasteiger partial charge in [0.05, 0.1) is 24.8 Å². The van der Waals surface area contributed by atoms with Crippen molar-refractivity contribution >= 4 is 11.2 Å². The summed E-state index contributed by atoms with van der Waals surface area (Å²) in [6.45, 7) is 9.17. The lowest BCUT2D eigenvalue weighted by Crippen LogP contribution is -2.07. The zero-order chi connectivity index (χ0) is 15.7. The molecule has 114 valence electrons. The van der Waals surface area contributed by atoms with Gasteiger partial charge in [-0.15, -0.1) is 0 Å². The van der Waals surface area contributed by atoms with E-state index < -0.39 is 0 Å². The van der Waals surface area contributed by atoms with Crippen LogP contribution in [-0.2, 0) is 6.54 Å². The smallest absolute Gasteiger partial charge is 0.164 e. The molecular formula is C16H20N6. The Bertz CT molecular complexity index is 776. The number of rotatable bonds is 4. The molecular weight excluding hydrogens is 276 g/mol. The molecule has 3 rings (SSSR count). The minimum Gasteiger partial charge on any atom is -0.311 e. The molecule has 0 bridgehead atoms. The lowest BCUT2D eigenvalue weighted by molar-refractivity contribution is 0.731. The third-order valence-electron chi connectivity index (χ3n) is 3.57. The zero-order valence-electron chi connectivity index (χ0n) is 13.4. The van der Waals surface area contributed by atoms with Gasteiger partial charge in [0.1, 0.15) is 11.3 Å². The Kier molecular flexibility index (Phi) is 3.83. The summed E-state index contributed by atoms with van der Waals surface area (Å²) in [7, 11) is 0. The van der Waals surface area contributed by atoms with Gasteiger partial charge in [-0.2, -0.15) is 10.2 Å². The average Bonchev–Trinajstić information content (AvgIpc) is 2.90. The van der Waals surface area contributed by atoms with Crippen molar-refractivity contribution in [3.8, 4) is 0 Å². The first-order valence-corrected chi connectivity index (χ1v) is 7.54. The molecule has 0 spiro atoms. The molecule has 0 aromatic carbocycles. The van der Waals surface area contributed by atoms with Gasteiger partial charge in [0.15, 0.2) is 5.65 Å². The summed E-state index contributed by atoms with van der Waals surface area (Å²) in [5.74, 6) is 1.47. The Morgan fingerprint density at radius 1 is 1.05 bits per heavy atom. The highest BCUT2D eigenvalue weighted by Gasteiger charge is 2.17. The molecule has 0 radical (unpaired) electrons. The van der Waals surface area contributed by atoms with Gasteiger partial charge in [-0.05, 0) is 17.5 Å². The summed E-state index contributed by atoms with van der Waals surface area (Å²) >= 11 is 0. The van der Waals surface area contributed by atoms with Gasteiger partial charge in [-0.25, -0.2) is 15.0 Å². The molecule has 0 N–H and O–H groups in total. The van der Waals surface area contributed by atoms with E-state index in [2.05, 4.69) is 42.9 Å². The summed E-state index contributed by atoms with van der Waals surface area (Å²) < 4.78 is 2.05. The van der Waals surface area contributed by atoms with Crippen molar-refractivity contribution in [2.24, 2.45) is 0 Å². The quantitative estimate of drug-likeness (QED) is 0.740. The van der Waals surface area contributed by atoms with E-state index >= 15 is 0 Å². The monoisotopic (exact) mass is 296 g/mol. The first kappa shape index (κ1) is 14.6. The van der Waals surface area contributed by atoms with Crippen LogP contribution >= 0.6 is 0 Å². The van der Waals surface area contributed by atoms with Crippen molar-refractivity contribution in [3.05, 3.63) is 41.9 Å². The normalized spacial score (nSPS) is 11.7. The van der Waals surface area contributed by atoms with Crippen LogP contribution in [0.5, 0.6) is 0 Å². The predicted molar refractivity (Wildman–Crippen MR) is 84.6 cm³/mol. The molecule has 0 unspecified atom stereocenters. The summed E-state index contributed by atoms with van der Waals surface area (Å²) in [5, 5.41) is 7.73. The third kappa shape index (κ3) is 2.68. The highest BCUT2D eigenvalue weighted by molar-refractivity contribution is 5.74. The maximum atomic E-state index is 4.73. The fourth-order valence-corrected chi connectivity index (χ4v) is 2.37. The summed E-state index contributed by atoms with van der Waals surface area (Å²) in [6.07, 6.45) is 5.29. The second-order valence-electron chi connectivity index (χ2n) is 6.07. The Morgan fingerprint density at radius 2 is 1.86 bits per heavy atom. The molecule has 0 amide bonds. The number of hydrogen-bond acceptors (Lipinski definition) is 5. The molecule has 0 saturated carbocycles. The van der Waals surface area contributed by atoms with Gasteiger partial charge in [-0.1, -0.05) is 27.7 Å². The minimum atomic E-state index is 0.285. The van der Waals surface area contributed by atoms with Gasteiger partial charge in [-0.3, -0.25) is 0 Å². The number of imidazole rings is 1. The maximum Gasteiger partial charge on any atom is 0.164 e. The average molecular weight is 296 g/mol. The van der Waals surface area contributed by atoms with Crippen molar-refractivity contribution < 1.29 is 0 Å². The van der Waals surface area contributed by atoms with Gasteiger partial charge in [0.25, 0.3) is 0 Å².